The van der Waals surface area contributed by atoms with E-state index in [1.807, 2.05) is 24.3 Å². The fourth-order valence-electron chi connectivity index (χ4n) is 4.22. The molecule has 0 saturated carbocycles. The molecule has 0 fully saturated rings. The standard InChI is InChI=1S/C28H35N5O6S/c1-15(2)24(27(37)31-22(28(38)39)11-16-7-9-18(34)10-8-16)33-26(36)23(14-40)32-25(35)20(29)12-17-13-30-21-6-4-3-5-19(17)21/h3-10,13,15,20,22-24,30,34,40H,11-12,14,29H2,1-2H3,(H,31,37)(H,32,35)(H,33,36)(H,38,39). The van der Waals surface area contributed by atoms with E-state index in [9.17, 15) is 29.4 Å². The van der Waals surface area contributed by atoms with Gasteiger partial charge < -0.3 is 36.9 Å². The fraction of sp³-hybridized carbons (Fsp3) is 0.357. The number of aliphatic carboxylic acids is 1. The van der Waals surface area contributed by atoms with Crippen LogP contribution in [0.15, 0.2) is 54.7 Å². The number of carbonyl (C=O) groups is 4. The Balaban J connectivity index is 1.62. The molecule has 1 heterocycles. The lowest BCUT2D eigenvalue weighted by Gasteiger charge is -2.26. The van der Waals surface area contributed by atoms with Crippen molar-refractivity contribution in [3.05, 3.63) is 65.9 Å². The van der Waals surface area contributed by atoms with E-state index in [4.69, 9.17) is 5.73 Å². The van der Waals surface area contributed by atoms with Gasteiger partial charge in [0.05, 0.1) is 6.04 Å². The van der Waals surface area contributed by atoms with Crippen molar-refractivity contribution in [1.82, 2.24) is 20.9 Å². The number of aromatic amines is 1. The van der Waals surface area contributed by atoms with Gasteiger partial charge in [0.15, 0.2) is 0 Å². The summed E-state index contributed by atoms with van der Waals surface area (Å²) in [6, 6.07) is 9.23. The molecule has 3 aromatic rings. The van der Waals surface area contributed by atoms with Gasteiger partial charge >= 0.3 is 5.97 Å². The number of fused-ring (bicyclic) bond motifs is 1. The van der Waals surface area contributed by atoms with E-state index in [2.05, 4.69) is 33.6 Å². The number of phenols is 1. The predicted octanol–water partition coefficient (Wildman–Crippen LogP) is 1.11. The molecule has 12 heteroatoms. The lowest BCUT2D eigenvalue weighted by molar-refractivity contribution is -0.142. The van der Waals surface area contributed by atoms with Gasteiger partial charge in [-0.25, -0.2) is 4.79 Å². The number of benzene rings is 2. The lowest BCUT2D eigenvalue weighted by Crippen LogP contribution is -2.59. The molecule has 0 spiro atoms. The fourth-order valence-corrected chi connectivity index (χ4v) is 4.48. The van der Waals surface area contributed by atoms with Crippen LogP contribution < -0.4 is 21.7 Å². The third kappa shape index (κ3) is 7.99. The summed E-state index contributed by atoms with van der Waals surface area (Å²) >= 11 is 4.19. The summed E-state index contributed by atoms with van der Waals surface area (Å²) in [5, 5.41) is 27.7. The first-order chi connectivity index (χ1) is 19.0. The number of carbonyl (C=O) groups excluding carboxylic acids is 3. The van der Waals surface area contributed by atoms with Gasteiger partial charge in [0, 0.05) is 29.3 Å². The molecule has 0 saturated heterocycles. The Morgan fingerprint density at radius 2 is 1.55 bits per heavy atom. The van der Waals surface area contributed by atoms with Crippen molar-refractivity contribution in [2.45, 2.75) is 50.9 Å². The van der Waals surface area contributed by atoms with Crippen LogP contribution in [-0.4, -0.2) is 68.8 Å². The highest BCUT2D eigenvalue weighted by atomic mass is 32.1. The highest BCUT2D eigenvalue weighted by Crippen LogP contribution is 2.19. The number of nitrogens with one attached hydrogen (secondary N) is 4. The number of hydrogen-bond acceptors (Lipinski definition) is 7. The number of carboxylic acids is 1. The third-order valence-electron chi connectivity index (χ3n) is 6.50. The van der Waals surface area contributed by atoms with Crippen LogP contribution >= 0.6 is 12.6 Å². The first-order valence-corrected chi connectivity index (χ1v) is 13.5. The molecule has 2 aromatic carbocycles. The summed E-state index contributed by atoms with van der Waals surface area (Å²) in [4.78, 5) is 53.9. The van der Waals surface area contributed by atoms with Gasteiger partial charge in [0.2, 0.25) is 17.7 Å². The lowest BCUT2D eigenvalue weighted by atomic mass is 10.0. The summed E-state index contributed by atoms with van der Waals surface area (Å²) in [6.45, 7) is 3.40. The normalized spacial score (nSPS) is 14.2. The molecule has 4 unspecified atom stereocenters. The van der Waals surface area contributed by atoms with E-state index < -0.39 is 53.8 Å². The van der Waals surface area contributed by atoms with Crippen LogP contribution in [-0.2, 0) is 32.0 Å². The third-order valence-corrected chi connectivity index (χ3v) is 6.87. The van der Waals surface area contributed by atoms with E-state index in [1.165, 1.54) is 12.1 Å². The number of phenolic OH excluding ortho intramolecular Hbond substituents is 1. The quantitative estimate of drug-likeness (QED) is 0.142. The van der Waals surface area contributed by atoms with Gasteiger partial charge in [-0.3, -0.25) is 14.4 Å². The number of aromatic nitrogens is 1. The maximum Gasteiger partial charge on any atom is 0.326 e. The summed E-state index contributed by atoms with van der Waals surface area (Å²) in [6.07, 6.45) is 2.01. The Morgan fingerprint density at radius 1 is 0.900 bits per heavy atom. The number of H-pyrrole nitrogens is 1. The second-order valence-corrected chi connectivity index (χ2v) is 10.3. The average Bonchev–Trinajstić information content (AvgIpc) is 3.33. The van der Waals surface area contributed by atoms with Crippen LogP contribution in [0.4, 0.5) is 0 Å². The van der Waals surface area contributed by atoms with Crippen molar-refractivity contribution in [3.8, 4) is 5.75 Å². The zero-order chi connectivity index (χ0) is 29.4. The zero-order valence-electron chi connectivity index (χ0n) is 22.3. The van der Waals surface area contributed by atoms with Crippen LogP contribution in [0.25, 0.3) is 10.9 Å². The number of rotatable bonds is 13. The predicted molar refractivity (Wildman–Crippen MR) is 154 cm³/mol. The average molecular weight is 570 g/mol. The maximum absolute atomic E-state index is 13.0. The topological polar surface area (TPSA) is 187 Å². The van der Waals surface area contributed by atoms with E-state index in [1.54, 1.807) is 32.2 Å². The van der Waals surface area contributed by atoms with Gasteiger partial charge in [-0.15, -0.1) is 0 Å². The second kappa shape index (κ2) is 13.9. The largest absolute Gasteiger partial charge is 0.508 e. The summed E-state index contributed by atoms with van der Waals surface area (Å²) in [5.74, 6) is -3.55. The number of nitrogens with two attached hydrogens (primary N) is 1. The van der Waals surface area contributed by atoms with Crippen LogP contribution in [0.5, 0.6) is 5.75 Å². The molecular formula is C28H35N5O6S. The van der Waals surface area contributed by atoms with Crippen molar-refractivity contribution in [3.63, 3.8) is 0 Å². The van der Waals surface area contributed by atoms with E-state index in [0.717, 1.165) is 16.5 Å². The minimum atomic E-state index is -1.27. The monoisotopic (exact) mass is 569 g/mol. The molecule has 4 atom stereocenters. The van der Waals surface area contributed by atoms with Crippen LogP contribution in [0.2, 0.25) is 0 Å². The molecule has 8 N–H and O–H groups in total. The number of amides is 3. The Labute approximate surface area is 237 Å². The molecule has 0 radical (unpaired) electrons. The van der Waals surface area contributed by atoms with Crippen molar-refractivity contribution in [1.29, 1.82) is 0 Å². The van der Waals surface area contributed by atoms with Crippen LogP contribution in [0, 0.1) is 5.92 Å². The van der Waals surface area contributed by atoms with E-state index in [-0.39, 0.29) is 24.3 Å². The molecule has 214 valence electrons. The minimum absolute atomic E-state index is 0.0241. The molecule has 0 aliphatic rings. The van der Waals surface area contributed by atoms with E-state index in [0.29, 0.717) is 5.56 Å². The summed E-state index contributed by atoms with van der Waals surface area (Å²) in [5.41, 5.74) is 8.52. The number of carboxylic acid groups (broad SMARTS) is 1. The second-order valence-electron chi connectivity index (χ2n) is 9.91. The Morgan fingerprint density at radius 3 is 2.17 bits per heavy atom. The Kier molecular flexibility index (Phi) is 10.6. The van der Waals surface area contributed by atoms with Crippen molar-refractivity contribution in [2.24, 2.45) is 11.7 Å². The molecule has 11 nitrogen and oxygen atoms in total. The Bertz CT molecular complexity index is 1340. The number of hydrogen-bond donors (Lipinski definition) is 8. The van der Waals surface area contributed by atoms with Crippen LogP contribution in [0.3, 0.4) is 0 Å². The first-order valence-electron chi connectivity index (χ1n) is 12.8. The highest BCUT2D eigenvalue weighted by molar-refractivity contribution is 7.80. The molecule has 0 bridgehead atoms. The molecule has 3 amide bonds. The van der Waals surface area contributed by atoms with Crippen molar-refractivity contribution < 1.29 is 29.4 Å². The molecule has 3 rings (SSSR count). The smallest absolute Gasteiger partial charge is 0.326 e. The number of aromatic hydroxyl groups is 1. The van der Waals surface area contributed by atoms with Gasteiger partial charge in [-0.05, 0) is 41.7 Å². The van der Waals surface area contributed by atoms with Gasteiger partial charge in [0.1, 0.15) is 23.9 Å². The van der Waals surface area contributed by atoms with Crippen LogP contribution in [0.1, 0.15) is 25.0 Å². The van der Waals surface area contributed by atoms with Gasteiger partial charge in [-0.1, -0.05) is 44.2 Å². The molecular weight excluding hydrogens is 534 g/mol. The Hall–Kier alpha value is -4.03. The van der Waals surface area contributed by atoms with E-state index >= 15 is 0 Å². The summed E-state index contributed by atoms with van der Waals surface area (Å²) in [7, 11) is 0. The van der Waals surface area contributed by atoms with Gasteiger partial charge in [0.25, 0.3) is 0 Å². The first kappa shape index (κ1) is 30.5. The summed E-state index contributed by atoms with van der Waals surface area (Å²) < 4.78 is 0. The minimum Gasteiger partial charge on any atom is -0.508 e. The van der Waals surface area contributed by atoms with Crippen molar-refractivity contribution in [2.75, 3.05) is 5.75 Å². The molecule has 1 aromatic heterocycles. The highest BCUT2D eigenvalue weighted by Gasteiger charge is 2.31. The number of para-hydroxylation sites is 1. The SMILES string of the molecule is CC(C)C(NC(=O)C(CS)NC(=O)C(N)Cc1c[nH]c2ccccc12)C(=O)NC(Cc1ccc(O)cc1)C(=O)O. The molecule has 40 heavy (non-hydrogen) atoms. The molecule has 0 aliphatic carbocycles. The maximum atomic E-state index is 13.0. The van der Waals surface area contributed by atoms with Gasteiger partial charge in [-0.2, -0.15) is 12.6 Å². The van der Waals surface area contributed by atoms with Crippen molar-refractivity contribution >= 4 is 47.2 Å². The zero-order valence-corrected chi connectivity index (χ0v) is 23.2. The number of thiol groups is 1. The molecule has 0 aliphatic heterocycles.